The van der Waals surface area contributed by atoms with Gasteiger partial charge in [-0.1, -0.05) is 30.9 Å². The summed E-state index contributed by atoms with van der Waals surface area (Å²) in [6, 6.07) is 5.78. The van der Waals surface area contributed by atoms with Gasteiger partial charge in [0.05, 0.1) is 11.4 Å². The van der Waals surface area contributed by atoms with E-state index in [9.17, 15) is 13.2 Å². The number of halogens is 1. The third kappa shape index (κ3) is 3.98. The third-order valence-corrected chi connectivity index (χ3v) is 6.03. The monoisotopic (exact) mass is 345 g/mol. The molecule has 122 valence electrons. The van der Waals surface area contributed by atoms with E-state index in [-0.39, 0.29) is 17.5 Å². The number of rotatable bonds is 5. The molecule has 0 heterocycles. The number of nitrogens with two attached hydrogens (primary N) is 1. The molecule has 0 aliphatic heterocycles. The lowest BCUT2D eigenvalue weighted by Crippen LogP contribution is -2.48. The molecule has 1 amide bonds. The largest absolute Gasteiger partial charge is 0.293 e. The van der Waals surface area contributed by atoms with Gasteiger partial charge in [0.2, 0.25) is 15.9 Å². The molecule has 22 heavy (non-hydrogen) atoms. The molecule has 1 aliphatic carbocycles. The molecule has 0 radical (unpaired) electrons. The van der Waals surface area contributed by atoms with Crippen molar-refractivity contribution in [1.82, 2.24) is 9.73 Å². The molecule has 3 N–H and O–H groups in total. The van der Waals surface area contributed by atoms with Gasteiger partial charge in [-0.2, -0.15) is 4.31 Å². The van der Waals surface area contributed by atoms with E-state index in [1.807, 2.05) is 5.43 Å². The molecule has 1 fully saturated rings. The van der Waals surface area contributed by atoms with Crippen LogP contribution in [0, 0.1) is 0 Å². The summed E-state index contributed by atoms with van der Waals surface area (Å²) in [7, 11) is -3.76. The fraction of sp³-hybridized carbons (Fsp3) is 0.500. The van der Waals surface area contributed by atoms with Crippen LogP contribution in [0.1, 0.15) is 32.1 Å². The Labute approximate surface area is 135 Å². The number of carbonyl (C=O) groups is 1. The Bertz CT molecular complexity index is 613. The van der Waals surface area contributed by atoms with Gasteiger partial charge >= 0.3 is 0 Å². The summed E-state index contributed by atoms with van der Waals surface area (Å²) < 4.78 is 27.0. The lowest BCUT2D eigenvalue weighted by atomic mass is 9.95. The highest BCUT2D eigenvalue weighted by molar-refractivity contribution is 7.89. The molecule has 0 atom stereocenters. The van der Waals surface area contributed by atoms with E-state index in [2.05, 4.69) is 0 Å². The molecular weight excluding hydrogens is 326 g/mol. The van der Waals surface area contributed by atoms with Crippen LogP contribution in [0.25, 0.3) is 0 Å². The van der Waals surface area contributed by atoms with Gasteiger partial charge in [-0.15, -0.1) is 0 Å². The first-order chi connectivity index (χ1) is 10.4. The standard InChI is InChI=1S/C14H20ClN3O3S/c15-11-6-8-13(9-7-11)22(20,21)18(10-14(19)17-16)12-4-2-1-3-5-12/h6-9,12H,1-5,10,16H2,(H,17,19). The Hall–Kier alpha value is -1.15. The van der Waals surface area contributed by atoms with Gasteiger partial charge in [-0.3, -0.25) is 10.2 Å². The maximum Gasteiger partial charge on any atom is 0.249 e. The van der Waals surface area contributed by atoms with Gasteiger partial charge in [-0.25, -0.2) is 14.3 Å². The number of hydrazine groups is 1. The Kier molecular flexibility index (Phi) is 5.80. The second-order valence-electron chi connectivity index (χ2n) is 5.36. The van der Waals surface area contributed by atoms with Gasteiger partial charge in [-0.05, 0) is 37.1 Å². The Morgan fingerprint density at radius 3 is 2.36 bits per heavy atom. The predicted molar refractivity (Wildman–Crippen MR) is 84.5 cm³/mol. The van der Waals surface area contributed by atoms with Gasteiger partial charge in [0.1, 0.15) is 0 Å². The van der Waals surface area contributed by atoms with E-state index in [0.717, 1.165) is 32.1 Å². The highest BCUT2D eigenvalue weighted by Crippen LogP contribution is 2.28. The first-order valence-electron chi connectivity index (χ1n) is 7.22. The number of nitrogens with zero attached hydrogens (tertiary/aromatic N) is 1. The molecule has 6 nitrogen and oxygen atoms in total. The summed E-state index contributed by atoms with van der Waals surface area (Å²) in [5, 5.41) is 0.461. The lowest BCUT2D eigenvalue weighted by Gasteiger charge is -2.32. The molecule has 1 aromatic carbocycles. The van der Waals surface area contributed by atoms with Crippen molar-refractivity contribution in [3.05, 3.63) is 29.3 Å². The van der Waals surface area contributed by atoms with Gasteiger partial charge in [0.25, 0.3) is 0 Å². The molecule has 0 unspecified atom stereocenters. The van der Waals surface area contributed by atoms with Crippen LogP contribution in [0.5, 0.6) is 0 Å². The van der Waals surface area contributed by atoms with Crippen molar-refractivity contribution >= 4 is 27.5 Å². The van der Waals surface area contributed by atoms with Crippen molar-refractivity contribution in [2.45, 2.75) is 43.0 Å². The average molecular weight is 346 g/mol. The highest BCUT2D eigenvalue weighted by Gasteiger charge is 2.33. The first-order valence-corrected chi connectivity index (χ1v) is 9.04. The van der Waals surface area contributed by atoms with Crippen molar-refractivity contribution in [2.75, 3.05) is 6.54 Å². The SMILES string of the molecule is NNC(=O)CN(C1CCCCC1)S(=O)(=O)c1ccc(Cl)cc1. The van der Waals surface area contributed by atoms with Crippen LogP contribution in [-0.2, 0) is 14.8 Å². The van der Waals surface area contributed by atoms with Crippen molar-refractivity contribution in [2.24, 2.45) is 5.84 Å². The number of hydrogen-bond acceptors (Lipinski definition) is 4. The molecule has 2 rings (SSSR count). The fourth-order valence-corrected chi connectivity index (χ4v) is 4.48. The Morgan fingerprint density at radius 2 is 1.82 bits per heavy atom. The Balaban J connectivity index is 2.33. The second kappa shape index (κ2) is 7.41. The molecule has 1 aromatic rings. The molecule has 1 saturated carbocycles. The molecule has 1 aliphatic rings. The van der Waals surface area contributed by atoms with Gasteiger partial charge < -0.3 is 0 Å². The number of benzene rings is 1. The quantitative estimate of drug-likeness (QED) is 0.482. The van der Waals surface area contributed by atoms with E-state index in [1.165, 1.54) is 28.6 Å². The Morgan fingerprint density at radius 1 is 1.23 bits per heavy atom. The lowest BCUT2D eigenvalue weighted by molar-refractivity contribution is -0.121. The van der Waals surface area contributed by atoms with E-state index in [1.54, 1.807) is 0 Å². The number of hydrogen-bond donors (Lipinski definition) is 2. The summed E-state index contributed by atoms with van der Waals surface area (Å²) in [4.78, 5) is 11.8. The molecule has 0 bridgehead atoms. The minimum atomic E-state index is -3.76. The number of sulfonamides is 1. The van der Waals surface area contributed by atoms with Crippen LogP contribution in [-0.4, -0.2) is 31.2 Å². The van der Waals surface area contributed by atoms with Gasteiger partial charge in [0, 0.05) is 11.1 Å². The van der Waals surface area contributed by atoms with Crippen molar-refractivity contribution < 1.29 is 13.2 Å². The maximum absolute atomic E-state index is 12.9. The number of carbonyl (C=O) groups excluding carboxylic acids is 1. The summed E-state index contributed by atoms with van der Waals surface area (Å²) in [6.07, 6.45) is 4.52. The fourth-order valence-electron chi connectivity index (χ4n) is 2.71. The minimum Gasteiger partial charge on any atom is -0.293 e. The molecular formula is C14H20ClN3O3S. The van der Waals surface area contributed by atoms with E-state index >= 15 is 0 Å². The minimum absolute atomic E-state index is 0.132. The summed E-state index contributed by atoms with van der Waals surface area (Å²) in [5.41, 5.74) is 2.00. The maximum atomic E-state index is 12.9. The number of amides is 1. The molecule has 0 saturated heterocycles. The van der Waals surface area contributed by atoms with Crippen LogP contribution in [0.3, 0.4) is 0 Å². The number of nitrogens with one attached hydrogen (secondary N) is 1. The van der Waals surface area contributed by atoms with Crippen molar-refractivity contribution in [1.29, 1.82) is 0 Å². The smallest absolute Gasteiger partial charge is 0.249 e. The zero-order valence-electron chi connectivity index (χ0n) is 12.2. The zero-order valence-corrected chi connectivity index (χ0v) is 13.7. The summed E-state index contributed by atoms with van der Waals surface area (Å²) in [5.74, 6) is 4.59. The van der Waals surface area contributed by atoms with Gasteiger partial charge in [0.15, 0.2) is 0 Å². The molecule has 8 heteroatoms. The second-order valence-corrected chi connectivity index (χ2v) is 7.69. The van der Waals surface area contributed by atoms with E-state index in [4.69, 9.17) is 17.4 Å². The zero-order chi connectivity index (χ0) is 16.2. The van der Waals surface area contributed by atoms with Crippen LogP contribution in [0.15, 0.2) is 29.2 Å². The topological polar surface area (TPSA) is 92.5 Å². The van der Waals surface area contributed by atoms with Crippen LogP contribution in [0.2, 0.25) is 5.02 Å². The predicted octanol–water partition coefficient (Wildman–Crippen LogP) is 1.65. The van der Waals surface area contributed by atoms with Crippen LogP contribution < -0.4 is 11.3 Å². The molecule has 0 aromatic heterocycles. The third-order valence-electron chi connectivity index (χ3n) is 3.86. The van der Waals surface area contributed by atoms with Crippen molar-refractivity contribution in [3.8, 4) is 0 Å². The highest BCUT2D eigenvalue weighted by atomic mass is 35.5. The summed E-state index contributed by atoms with van der Waals surface area (Å²) >= 11 is 5.81. The first kappa shape index (κ1) is 17.2. The van der Waals surface area contributed by atoms with Crippen LogP contribution in [0.4, 0.5) is 0 Å². The van der Waals surface area contributed by atoms with Crippen molar-refractivity contribution in [3.63, 3.8) is 0 Å². The van der Waals surface area contributed by atoms with E-state index < -0.39 is 15.9 Å². The normalized spacial score (nSPS) is 16.7. The average Bonchev–Trinajstić information content (AvgIpc) is 2.53. The summed E-state index contributed by atoms with van der Waals surface area (Å²) in [6.45, 7) is -0.272. The van der Waals surface area contributed by atoms with E-state index in [0.29, 0.717) is 5.02 Å². The van der Waals surface area contributed by atoms with Crippen LogP contribution >= 0.6 is 11.6 Å². The molecule has 0 spiro atoms.